The van der Waals surface area contributed by atoms with Crippen LogP contribution in [0.2, 0.25) is 0 Å². The van der Waals surface area contributed by atoms with Gasteiger partial charge in [-0.1, -0.05) is 222 Å². The topological polar surface area (TPSA) is 175 Å². The fourth-order valence-electron chi connectivity index (χ4n) is 8.23. The minimum absolute atomic E-state index is 0.000740. The molecule has 6 atom stereocenters. The predicted octanol–water partition coefficient (Wildman–Crippen LogP) is 17.2. The maximum atomic E-state index is 13.2. The summed E-state index contributed by atoms with van der Waals surface area (Å²) < 4.78 is 28.4. The quantitative estimate of drug-likeness (QED) is 0.0228. The molecule has 0 bridgehead atoms. The first kappa shape index (κ1) is 76.8. The van der Waals surface area contributed by atoms with E-state index in [2.05, 4.69) is 191 Å². The number of hydrogen-bond acceptors (Lipinski definition) is 11. The highest BCUT2D eigenvalue weighted by atomic mass is 16.7. The number of carbonyl (C=O) groups is 4. The Morgan fingerprint density at radius 1 is 0.388 bits per heavy atom. The van der Waals surface area contributed by atoms with E-state index < -0.39 is 67.3 Å². The second-order valence-electron chi connectivity index (χ2n) is 20.5. The monoisotopic (exact) mass is 1180 g/mol. The van der Waals surface area contributed by atoms with Crippen molar-refractivity contribution in [3.05, 3.63) is 182 Å². The summed E-state index contributed by atoms with van der Waals surface area (Å²) in [6.07, 6.45) is 75.7. The van der Waals surface area contributed by atoms with E-state index in [0.717, 1.165) is 135 Å². The Hall–Kier alpha value is -6.18. The fraction of sp³-hybridized carbons (Fsp3) is 0.534. The van der Waals surface area contributed by atoms with Crippen LogP contribution in [0.25, 0.3) is 0 Å². The molecule has 0 aliphatic carbocycles. The van der Waals surface area contributed by atoms with Crippen molar-refractivity contribution < 1.29 is 58.2 Å². The molecule has 0 aromatic rings. The van der Waals surface area contributed by atoms with Gasteiger partial charge in [0.1, 0.15) is 18.8 Å². The number of aliphatic carboxylic acids is 1. The van der Waals surface area contributed by atoms with Gasteiger partial charge in [0.05, 0.1) is 6.61 Å². The maximum Gasteiger partial charge on any atom is 0.335 e. The van der Waals surface area contributed by atoms with Crippen molar-refractivity contribution in [1.29, 1.82) is 0 Å². The lowest BCUT2D eigenvalue weighted by atomic mass is 9.98. The first-order chi connectivity index (χ1) is 41.6. The molecule has 0 amide bonds. The molecule has 1 rings (SSSR count). The van der Waals surface area contributed by atoms with Crippen LogP contribution in [0.4, 0.5) is 0 Å². The van der Waals surface area contributed by atoms with Crippen molar-refractivity contribution >= 4 is 23.9 Å². The Bertz CT molecular complexity index is 2180. The third kappa shape index (κ3) is 47.7. The van der Waals surface area contributed by atoms with Gasteiger partial charge in [0.2, 0.25) is 0 Å². The fourth-order valence-corrected chi connectivity index (χ4v) is 8.23. The summed E-state index contributed by atoms with van der Waals surface area (Å²) in [7, 11) is 0. The van der Waals surface area contributed by atoms with E-state index in [1.54, 1.807) is 0 Å². The molecule has 12 heteroatoms. The molecule has 0 radical (unpaired) electrons. The molecule has 1 aliphatic rings. The highest BCUT2D eigenvalue weighted by molar-refractivity contribution is 5.74. The molecule has 85 heavy (non-hydrogen) atoms. The van der Waals surface area contributed by atoms with Gasteiger partial charge in [0, 0.05) is 19.3 Å². The van der Waals surface area contributed by atoms with Gasteiger partial charge in [0.15, 0.2) is 24.6 Å². The Morgan fingerprint density at radius 3 is 1.12 bits per heavy atom. The minimum Gasteiger partial charge on any atom is -0.479 e. The molecule has 6 unspecified atom stereocenters. The molecule has 0 aromatic carbocycles. The largest absolute Gasteiger partial charge is 0.479 e. The summed E-state index contributed by atoms with van der Waals surface area (Å²) in [5.41, 5.74) is 0. The van der Waals surface area contributed by atoms with E-state index in [9.17, 15) is 34.5 Å². The van der Waals surface area contributed by atoms with Crippen molar-refractivity contribution in [2.45, 2.75) is 237 Å². The zero-order valence-corrected chi connectivity index (χ0v) is 52.0. The molecule has 1 saturated heterocycles. The molecule has 1 heterocycles. The number of carbonyl (C=O) groups excluding carboxylic acids is 3. The van der Waals surface area contributed by atoms with Crippen LogP contribution in [0.1, 0.15) is 201 Å². The Balaban J connectivity index is 2.77. The van der Waals surface area contributed by atoms with Gasteiger partial charge in [-0.2, -0.15) is 0 Å². The summed E-state index contributed by atoms with van der Waals surface area (Å²) >= 11 is 0. The summed E-state index contributed by atoms with van der Waals surface area (Å²) in [5.74, 6) is -3.34. The zero-order valence-electron chi connectivity index (χ0n) is 52.0. The van der Waals surface area contributed by atoms with Crippen LogP contribution >= 0.6 is 0 Å². The molecule has 472 valence electrons. The van der Waals surface area contributed by atoms with E-state index in [-0.39, 0.29) is 25.9 Å². The van der Waals surface area contributed by atoms with Crippen molar-refractivity contribution in [3.8, 4) is 0 Å². The SMILES string of the molecule is CC/C=C\C/C=C\C/C=C\C/C=C\C/C=C\C/C=C\CCC(=O)OCC(COC1OC(C(=O)O)C(O)C(O)C1OC(=O)CCCCC/C=C\C/C=C\C/C=C\C/C=C\C/C=C\CC)OC(=O)CCCCCC/C=C\C/C=C\C/C=C\C/C=C\CC. The van der Waals surface area contributed by atoms with Crippen LogP contribution < -0.4 is 0 Å². The predicted molar refractivity (Wildman–Crippen MR) is 348 cm³/mol. The molecule has 0 spiro atoms. The van der Waals surface area contributed by atoms with Crippen LogP contribution in [-0.2, 0) is 42.9 Å². The van der Waals surface area contributed by atoms with E-state index in [4.69, 9.17) is 23.7 Å². The first-order valence-corrected chi connectivity index (χ1v) is 31.8. The molecule has 3 N–H and O–H groups in total. The molecule has 1 aliphatic heterocycles. The van der Waals surface area contributed by atoms with Crippen LogP contribution in [-0.4, -0.2) is 89.2 Å². The van der Waals surface area contributed by atoms with Crippen LogP contribution in [0, 0.1) is 0 Å². The van der Waals surface area contributed by atoms with Gasteiger partial charge < -0.3 is 39.0 Å². The van der Waals surface area contributed by atoms with Crippen molar-refractivity contribution in [2.24, 2.45) is 0 Å². The number of rotatable bonds is 51. The van der Waals surface area contributed by atoms with Gasteiger partial charge >= 0.3 is 23.9 Å². The third-order valence-corrected chi connectivity index (χ3v) is 13.0. The number of esters is 3. The summed E-state index contributed by atoms with van der Waals surface area (Å²) in [4.78, 5) is 51.3. The number of aliphatic hydroxyl groups excluding tert-OH is 2. The standard InChI is InChI=1S/C73H108O12/c1-4-7-10-13-16-19-22-25-28-31-33-36-38-41-44-47-50-53-56-59-65(74)81-62-64(83-66(75)60-57-54-51-48-45-42-39-35-30-27-24-21-18-15-12-9-6-3)63-82-73-71(69(78)68(77)70(85-73)72(79)80)84-67(76)61-58-55-52-49-46-43-40-37-34-32-29-26-23-20-17-14-11-8-5-2/h7-12,16-21,25-30,33-34,36-37,39,41-44,46,50,53,64,68-71,73,77-78H,4-6,13-15,22-24,31-32,35,38,40,45,47-49,51-52,54-63H2,1-3H3,(H,79,80)/b10-7-,11-8-,12-9-,19-16-,20-17-,21-18-,28-25-,29-26-,30-27-,36-33-,37-34-,42-39-,44-41-,46-43-,53-50-. The molecule has 1 fully saturated rings. The Kier molecular flexibility index (Phi) is 52.6. The number of hydrogen-bond donors (Lipinski definition) is 3. The number of allylic oxidation sites excluding steroid dienone is 30. The summed E-state index contributed by atoms with van der Waals surface area (Å²) in [6, 6.07) is 0. The third-order valence-electron chi connectivity index (χ3n) is 13.0. The number of aliphatic hydroxyl groups is 2. The molecule has 0 saturated carbocycles. The second kappa shape index (κ2) is 58.2. The van der Waals surface area contributed by atoms with Crippen molar-refractivity contribution in [2.75, 3.05) is 13.2 Å². The lowest BCUT2D eigenvalue weighted by Crippen LogP contribution is -2.61. The minimum atomic E-state index is -1.94. The van der Waals surface area contributed by atoms with Gasteiger partial charge in [-0.15, -0.1) is 0 Å². The number of unbranched alkanes of at least 4 members (excludes halogenated alkanes) is 7. The van der Waals surface area contributed by atoms with E-state index in [1.807, 2.05) is 12.2 Å². The average molecular weight is 1180 g/mol. The maximum absolute atomic E-state index is 13.2. The zero-order chi connectivity index (χ0) is 61.7. The van der Waals surface area contributed by atoms with Crippen LogP contribution in [0.5, 0.6) is 0 Å². The average Bonchev–Trinajstić information content (AvgIpc) is 3.51. The summed E-state index contributed by atoms with van der Waals surface area (Å²) in [6.45, 7) is 5.54. The van der Waals surface area contributed by atoms with E-state index in [1.165, 1.54) is 0 Å². The molecular weight excluding hydrogens is 1070 g/mol. The number of ether oxygens (including phenoxy) is 5. The number of carboxylic acid groups (broad SMARTS) is 1. The Morgan fingerprint density at radius 2 is 0.729 bits per heavy atom. The highest BCUT2D eigenvalue weighted by Gasteiger charge is 2.50. The van der Waals surface area contributed by atoms with Crippen molar-refractivity contribution in [3.63, 3.8) is 0 Å². The van der Waals surface area contributed by atoms with Gasteiger partial charge in [0.25, 0.3) is 0 Å². The molecule has 12 nitrogen and oxygen atoms in total. The highest BCUT2D eigenvalue weighted by Crippen LogP contribution is 2.26. The first-order valence-electron chi connectivity index (χ1n) is 31.8. The van der Waals surface area contributed by atoms with Crippen LogP contribution in [0.15, 0.2) is 182 Å². The van der Waals surface area contributed by atoms with Gasteiger partial charge in [-0.05, 0) is 141 Å². The molecular formula is C73H108O12. The van der Waals surface area contributed by atoms with Crippen LogP contribution in [0.3, 0.4) is 0 Å². The van der Waals surface area contributed by atoms with E-state index >= 15 is 0 Å². The lowest BCUT2D eigenvalue weighted by molar-refractivity contribution is -0.301. The lowest BCUT2D eigenvalue weighted by Gasteiger charge is -2.40. The Labute approximate surface area is 512 Å². The number of carboxylic acids is 1. The normalized spacial score (nSPS) is 18.7. The van der Waals surface area contributed by atoms with Crippen molar-refractivity contribution in [1.82, 2.24) is 0 Å². The van der Waals surface area contributed by atoms with Gasteiger partial charge in [-0.3, -0.25) is 14.4 Å². The van der Waals surface area contributed by atoms with Gasteiger partial charge in [-0.25, -0.2) is 4.79 Å². The second-order valence-corrected chi connectivity index (χ2v) is 20.5. The molecule has 0 aromatic heterocycles. The smallest absolute Gasteiger partial charge is 0.335 e. The summed E-state index contributed by atoms with van der Waals surface area (Å²) in [5, 5.41) is 31.6. The van der Waals surface area contributed by atoms with E-state index in [0.29, 0.717) is 25.7 Å².